The topological polar surface area (TPSA) is 73.1 Å². The third-order valence-electron chi connectivity index (χ3n) is 3.12. The first-order chi connectivity index (χ1) is 9.11. The summed E-state index contributed by atoms with van der Waals surface area (Å²) in [4.78, 5) is 8.32. The second-order valence-electron chi connectivity index (χ2n) is 4.32. The van der Waals surface area contributed by atoms with Crippen LogP contribution < -0.4 is 15.8 Å². The summed E-state index contributed by atoms with van der Waals surface area (Å²) in [6.45, 7) is 4.63. The molecule has 100 valence electrons. The molecule has 1 aromatic carbocycles. The molecule has 1 aromatic heterocycles. The molecule has 0 saturated carbocycles. The highest BCUT2D eigenvalue weighted by molar-refractivity contribution is 5.58. The number of benzene rings is 1. The fourth-order valence-corrected chi connectivity index (χ4v) is 1.88. The maximum atomic E-state index is 5.62. The van der Waals surface area contributed by atoms with Crippen LogP contribution in [-0.2, 0) is 6.54 Å². The molecule has 0 fully saturated rings. The average Bonchev–Trinajstić information content (AvgIpc) is 2.41. The molecule has 0 aliphatic carbocycles. The molecule has 0 amide bonds. The Morgan fingerprint density at radius 2 is 2.00 bits per heavy atom. The van der Waals surface area contributed by atoms with Crippen molar-refractivity contribution in [3.8, 4) is 5.75 Å². The lowest BCUT2D eigenvalue weighted by Gasteiger charge is -2.13. The second kappa shape index (κ2) is 5.56. The minimum Gasteiger partial charge on any atom is -0.496 e. The van der Waals surface area contributed by atoms with Crippen molar-refractivity contribution in [1.82, 2.24) is 9.97 Å². The van der Waals surface area contributed by atoms with Gasteiger partial charge in [0, 0.05) is 11.9 Å². The van der Waals surface area contributed by atoms with Crippen molar-refractivity contribution in [3.63, 3.8) is 0 Å². The van der Waals surface area contributed by atoms with Crippen molar-refractivity contribution in [2.75, 3.05) is 18.2 Å². The molecule has 1 heterocycles. The predicted octanol–water partition coefficient (Wildman–Crippen LogP) is 2.30. The van der Waals surface area contributed by atoms with Gasteiger partial charge in [-0.25, -0.2) is 9.97 Å². The van der Waals surface area contributed by atoms with Gasteiger partial charge in [0.25, 0.3) is 0 Å². The number of nitrogens with two attached hydrogens (primary N) is 1. The van der Waals surface area contributed by atoms with Crippen molar-refractivity contribution in [2.45, 2.75) is 20.4 Å². The van der Waals surface area contributed by atoms with Crippen LogP contribution in [0.2, 0.25) is 0 Å². The van der Waals surface area contributed by atoms with Crippen LogP contribution in [0.5, 0.6) is 5.75 Å². The lowest BCUT2D eigenvalue weighted by Crippen LogP contribution is -2.07. The van der Waals surface area contributed by atoms with Crippen molar-refractivity contribution >= 4 is 11.5 Å². The predicted molar refractivity (Wildman–Crippen MR) is 76.2 cm³/mol. The molecule has 3 N–H and O–H groups in total. The third kappa shape index (κ3) is 2.93. The van der Waals surface area contributed by atoms with Crippen LogP contribution in [0, 0.1) is 13.8 Å². The van der Waals surface area contributed by atoms with Crippen molar-refractivity contribution < 1.29 is 4.74 Å². The molecule has 0 aliphatic rings. The van der Waals surface area contributed by atoms with E-state index in [0.717, 1.165) is 22.6 Å². The van der Waals surface area contributed by atoms with E-state index in [1.54, 1.807) is 19.4 Å². The fourth-order valence-electron chi connectivity index (χ4n) is 1.88. The third-order valence-corrected chi connectivity index (χ3v) is 3.12. The number of nitrogen functional groups attached to an aromatic ring is 1. The summed E-state index contributed by atoms with van der Waals surface area (Å²) >= 11 is 0. The van der Waals surface area contributed by atoms with Crippen LogP contribution in [0.1, 0.15) is 17.0 Å². The van der Waals surface area contributed by atoms with Gasteiger partial charge < -0.3 is 15.8 Å². The molecule has 2 aromatic rings. The van der Waals surface area contributed by atoms with E-state index in [0.29, 0.717) is 18.2 Å². The molecular weight excluding hydrogens is 240 g/mol. The summed E-state index contributed by atoms with van der Waals surface area (Å²) in [5.41, 5.74) is 8.95. The van der Waals surface area contributed by atoms with Gasteiger partial charge in [0.15, 0.2) is 0 Å². The van der Waals surface area contributed by atoms with Crippen molar-refractivity contribution in [3.05, 3.63) is 41.3 Å². The zero-order valence-corrected chi connectivity index (χ0v) is 11.4. The van der Waals surface area contributed by atoms with Gasteiger partial charge in [0.05, 0.1) is 13.7 Å². The molecule has 5 nitrogen and oxygen atoms in total. The zero-order chi connectivity index (χ0) is 13.8. The first-order valence-electron chi connectivity index (χ1n) is 6.07. The first-order valence-corrected chi connectivity index (χ1v) is 6.07. The van der Waals surface area contributed by atoms with Gasteiger partial charge in [-0.3, -0.25) is 0 Å². The maximum absolute atomic E-state index is 5.62. The number of hydrogen-bond donors (Lipinski definition) is 2. The summed E-state index contributed by atoms with van der Waals surface area (Å²) in [6.07, 6.45) is 1.66. The fraction of sp³-hybridized carbons (Fsp3) is 0.286. The van der Waals surface area contributed by atoms with E-state index in [-0.39, 0.29) is 0 Å². The van der Waals surface area contributed by atoms with Crippen LogP contribution in [0.3, 0.4) is 0 Å². The van der Waals surface area contributed by atoms with Gasteiger partial charge in [-0.1, -0.05) is 0 Å². The highest BCUT2D eigenvalue weighted by Crippen LogP contribution is 2.27. The Labute approximate surface area is 112 Å². The average molecular weight is 258 g/mol. The molecule has 5 heteroatoms. The lowest BCUT2D eigenvalue weighted by atomic mass is 10.1. The highest BCUT2D eigenvalue weighted by Gasteiger charge is 2.06. The Morgan fingerprint density at radius 1 is 1.21 bits per heavy atom. The number of anilines is 2. The van der Waals surface area contributed by atoms with E-state index in [1.165, 1.54) is 0 Å². The molecule has 0 atom stereocenters. The van der Waals surface area contributed by atoms with Crippen LogP contribution in [0.15, 0.2) is 24.4 Å². The summed E-state index contributed by atoms with van der Waals surface area (Å²) in [5.74, 6) is 2.05. The van der Waals surface area contributed by atoms with E-state index >= 15 is 0 Å². The Morgan fingerprint density at radius 3 is 2.68 bits per heavy atom. The largest absolute Gasteiger partial charge is 0.496 e. The molecule has 0 aliphatic heterocycles. The monoisotopic (exact) mass is 258 g/mol. The van der Waals surface area contributed by atoms with Gasteiger partial charge in [-0.2, -0.15) is 0 Å². The Kier molecular flexibility index (Phi) is 3.85. The minimum atomic E-state index is 0.481. The molecular formula is C14H18N4O. The summed E-state index contributed by atoms with van der Waals surface area (Å²) in [5, 5.41) is 3.31. The number of nitrogens with one attached hydrogen (secondary N) is 1. The number of aromatic nitrogens is 2. The lowest BCUT2D eigenvalue weighted by molar-refractivity contribution is 0.411. The number of ether oxygens (including phenoxy) is 1. The van der Waals surface area contributed by atoms with Crippen LogP contribution in [0.4, 0.5) is 11.5 Å². The molecule has 0 bridgehead atoms. The van der Waals surface area contributed by atoms with E-state index in [1.807, 2.05) is 19.1 Å². The Hall–Kier alpha value is -2.30. The number of nitrogens with zero attached hydrogens (tertiary/aromatic N) is 2. The molecule has 0 saturated heterocycles. The molecule has 0 radical (unpaired) electrons. The summed E-state index contributed by atoms with van der Waals surface area (Å²) in [7, 11) is 1.68. The van der Waals surface area contributed by atoms with Crippen LogP contribution in [0.25, 0.3) is 0 Å². The summed E-state index contributed by atoms with van der Waals surface area (Å²) < 4.78 is 5.29. The van der Waals surface area contributed by atoms with Gasteiger partial charge in [-0.05, 0) is 43.2 Å². The highest BCUT2D eigenvalue weighted by atomic mass is 16.5. The standard InChI is InChI=1S/C14H18N4O/c1-9-10(2)12(19-3)5-4-11(9)17-8-14-16-7-6-13(15)18-14/h4-7,17H,8H2,1-3H3,(H2,15,16,18). The molecule has 0 unspecified atom stereocenters. The van der Waals surface area contributed by atoms with Gasteiger partial charge >= 0.3 is 0 Å². The number of methoxy groups -OCH3 is 1. The van der Waals surface area contributed by atoms with Gasteiger partial charge in [-0.15, -0.1) is 0 Å². The first kappa shape index (κ1) is 13.1. The van der Waals surface area contributed by atoms with Gasteiger partial charge in [0.2, 0.25) is 0 Å². The maximum Gasteiger partial charge on any atom is 0.149 e. The zero-order valence-electron chi connectivity index (χ0n) is 11.4. The summed E-state index contributed by atoms with van der Waals surface area (Å²) in [6, 6.07) is 5.62. The van der Waals surface area contributed by atoms with Crippen LogP contribution in [-0.4, -0.2) is 17.1 Å². The van der Waals surface area contributed by atoms with Crippen LogP contribution >= 0.6 is 0 Å². The SMILES string of the molecule is COc1ccc(NCc2nccc(N)n2)c(C)c1C. The smallest absolute Gasteiger partial charge is 0.149 e. The van der Waals surface area contributed by atoms with Gasteiger partial charge in [0.1, 0.15) is 17.4 Å². The second-order valence-corrected chi connectivity index (χ2v) is 4.32. The minimum absolute atomic E-state index is 0.481. The van der Waals surface area contributed by atoms with E-state index < -0.39 is 0 Å². The molecule has 19 heavy (non-hydrogen) atoms. The normalized spacial score (nSPS) is 10.3. The Balaban J connectivity index is 2.14. The quantitative estimate of drug-likeness (QED) is 0.880. The van der Waals surface area contributed by atoms with E-state index in [4.69, 9.17) is 10.5 Å². The number of hydrogen-bond acceptors (Lipinski definition) is 5. The van der Waals surface area contributed by atoms with E-state index in [9.17, 15) is 0 Å². The molecule has 2 rings (SSSR count). The van der Waals surface area contributed by atoms with Crippen molar-refractivity contribution in [1.29, 1.82) is 0 Å². The Bertz CT molecular complexity index is 584. The van der Waals surface area contributed by atoms with E-state index in [2.05, 4.69) is 22.2 Å². The molecule has 0 spiro atoms. The number of rotatable bonds is 4. The van der Waals surface area contributed by atoms with Crippen molar-refractivity contribution in [2.24, 2.45) is 0 Å².